The van der Waals surface area contributed by atoms with Crippen molar-refractivity contribution >= 4 is 26.8 Å². The van der Waals surface area contributed by atoms with Gasteiger partial charge in [-0.25, -0.2) is 0 Å². The Labute approximate surface area is 113 Å². The molecule has 5 N–H and O–H groups in total. The van der Waals surface area contributed by atoms with Crippen LogP contribution in [0.5, 0.6) is 0 Å². The number of anilines is 1. The molecule has 0 radical (unpaired) electrons. The molecular weight excluding hydrogens is 268 g/mol. The molecule has 1 aromatic carbocycles. The zero-order chi connectivity index (χ0) is 14.8. The van der Waals surface area contributed by atoms with Crippen molar-refractivity contribution in [3.8, 4) is 0 Å². The molecule has 6 nitrogen and oxygen atoms in total. The third-order valence-electron chi connectivity index (χ3n) is 2.16. The number of hydrogen-bond acceptors (Lipinski definition) is 5. The number of carboxylic acids is 1. The number of aliphatic carboxylic acids is 1. The van der Waals surface area contributed by atoms with E-state index in [0.717, 1.165) is 5.56 Å². The van der Waals surface area contributed by atoms with Crippen LogP contribution in [0.15, 0.2) is 24.3 Å². The molecule has 0 saturated carbocycles. The van der Waals surface area contributed by atoms with Crippen molar-refractivity contribution in [2.75, 3.05) is 12.3 Å². The van der Waals surface area contributed by atoms with Gasteiger partial charge in [0.25, 0.3) is 0 Å². The molecule has 1 rings (SSSR count). The maximum atomic E-state index is 10.2. The van der Waals surface area contributed by atoms with E-state index in [-0.39, 0.29) is 13.0 Å². The van der Waals surface area contributed by atoms with Gasteiger partial charge in [-0.05, 0) is 24.1 Å². The fourth-order valence-electron chi connectivity index (χ4n) is 1.21. The minimum atomic E-state index is -2.06. The molecule has 0 unspecified atom stereocenters. The Morgan fingerprint density at radius 3 is 2.32 bits per heavy atom. The van der Waals surface area contributed by atoms with E-state index in [1.165, 1.54) is 0 Å². The van der Waals surface area contributed by atoms with Crippen LogP contribution in [0, 0.1) is 0 Å². The summed E-state index contributed by atoms with van der Waals surface area (Å²) in [5.74, 6) is -0.837. The van der Waals surface area contributed by atoms with E-state index in [9.17, 15) is 13.2 Å². The van der Waals surface area contributed by atoms with Crippen molar-refractivity contribution < 1.29 is 18.3 Å². The highest BCUT2D eigenvalue weighted by atomic mass is 32.2. The van der Waals surface area contributed by atoms with Gasteiger partial charge in [-0.1, -0.05) is 19.1 Å². The Kier molecular flexibility index (Phi) is 8.23. The van der Waals surface area contributed by atoms with Crippen molar-refractivity contribution in [1.29, 1.82) is 0 Å². The third kappa shape index (κ3) is 7.96. The van der Waals surface area contributed by atoms with Crippen LogP contribution in [0.4, 0.5) is 5.69 Å². The van der Waals surface area contributed by atoms with Crippen LogP contribution in [-0.4, -0.2) is 30.9 Å². The highest BCUT2D eigenvalue weighted by Gasteiger charge is 1.98. The van der Waals surface area contributed by atoms with Crippen LogP contribution < -0.4 is 11.5 Å². The molecule has 0 spiro atoms. The number of nitrogen functional groups attached to an aromatic ring is 1. The predicted molar refractivity (Wildman–Crippen MR) is 75.5 cm³/mol. The van der Waals surface area contributed by atoms with Gasteiger partial charge in [0.05, 0.1) is 11.3 Å². The summed E-state index contributed by atoms with van der Waals surface area (Å²) < 4.78 is 20.1. The van der Waals surface area contributed by atoms with E-state index in [1.54, 1.807) is 31.2 Å². The van der Waals surface area contributed by atoms with Crippen LogP contribution in [0.25, 0.3) is 0 Å². The molecule has 0 aromatic heterocycles. The fourth-order valence-corrected chi connectivity index (χ4v) is 1.58. The largest absolute Gasteiger partial charge is 0.481 e. The number of nitrogens with two attached hydrogens (primary N) is 2. The number of carbonyl (C=O) groups is 1. The van der Waals surface area contributed by atoms with Crippen molar-refractivity contribution in [3.63, 3.8) is 0 Å². The average Bonchev–Trinajstić information content (AvgIpc) is 2.30. The highest BCUT2D eigenvalue weighted by molar-refractivity contribution is 7.73. The van der Waals surface area contributed by atoms with Gasteiger partial charge in [0.15, 0.2) is 0 Å². The lowest BCUT2D eigenvalue weighted by atomic mass is 10.1. The number of hydrogen-bond donors (Lipinski definition) is 3. The minimum Gasteiger partial charge on any atom is -0.481 e. The van der Waals surface area contributed by atoms with Gasteiger partial charge in [0.1, 0.15) is 0 Å². The van der Waals surface area contributed by atoms with E-state index in [1.807, 2.05) is 0 Å². The summed E-state index contributed by atoms with van der Waals surface area (Å²) in [6.45, 7) is 1.91. The molecule has 106 valence electrons. The summed E-state index contributed by atoms with van der Waals surface area (Å²) in [6.07, 6.45) is 0.553. The van der Waals surface area contributed by atoms with Crippen molar-refractivity contribution in [2.24, 2.45) is 5.73 Å². The summed E-state index contributed by atoms with van der Waals surface area (Å²) in [4.78, 5) is 10.6. The normalized spacial score (nSPS) is 9.16. The second-order valence-corrected chi connectivity index (χ2v) is 4.69. The zero-order valence-corrected chi connectivity index (χ0v) is 11.5. The van der Waals surface area contributed by atoms with E-state index >= 15 is 0 Å². The van der Waals surface area contributed by atoms with E-state index in [4.69, 9.17) is 16.6 Å². The lowest BCUT2D eigenvalue weighted by Gasteiger charge is -1.96. The number of carboxylic acid groups (broad SMARTS) is 1. The van der Waals surface area contributed by atoms with Gasteiger partial charge in [0.2, 0.25) is 10.3 Å². The second-order valence-electron chi connectivity index (χ2n) is 3.65. The average molecular weight is 286 g/mol. The van der Waals surface area contributed by atoms with Gasteiger partial charge >= 0.3 is 5.97 Å². The maximum absolute atomic E-state index is 10.2. The van der Waals surface area contributed by atoms with Gasteiger partial charge in [-0.3, -0.25) is 4.79 Å². The summed E-state index contributed by atoms with van der Waals surface area (Å²) in [5.41, 5.74) is 11.8. The topological polar surface area (TPSA) is 123 Å². The minimum absolute atomic E-state index is 0.0328. The molecule has 0 heterocycles. The Morgan fingerprint density at radius 1 is 1.37 bits per heavy atom. The molecule has 7 heteroatoms. The molecule has 0 fully saturated rings. The standard InChI is InChI=1S/C8H9NO2.C4H9NO2S/c9-7-3-1-2-6(4-7)5-8(10)11;1-2-4(3-5)8(6)7/h1-4H,5,9H2,(H,10,11);2-3,5H2,1H3. The molecule has 19 heavy (non-hydrogen) atoms. The van der Waals surface area contributed by atoms with Crippen molar-refractivity contribution in [1.82, 2.24) is 0 Å². The van der Waals surface area contributed by atoms with Gasteiger partial charge in [0, 0.05) is 12.2 Å². The van der Waals surface area contributed by atoms with Crippen LogP contribution in [-0.2, 0) is 21.5 Å². The lowest BCUT2D eigenvalue weighted by molar-refractivity contribution is -0.136. The van der Waals surface area contributed by atoms with Crippen molar-refractivity contribution in [3.05, 3.63) is 29.8 Å². The summed E-state index contributed by atoms with van der Waals surface area (Å²) in [6, 6.07) is 6.87. The molecule has 0 atom stereocenters. The highest BCUT2D eigenvalue weighted by Crippen LogP contribution is 2.06. The third-order valence-corrected chi connectivity index (χ3v) is 3.09. The monoisotopic (exact) mass is 286 g/mol. The lowest BCUT2D eigenvalue weighted by Crippen LogP contribution is -2.12. The first-order valence-corrected chi connectivity index (χ1v) is 6.68. The molecule has 0 aliphatic carbocycles. The van der Waals surface area contributed by atoms with Gasteiger partial charge in [-0.15, -0.1) is 0 Å². The van der Waals surface area contributed by atoms with Crippen LogP contribution in [0.3, 0.4) is 0 Å². The Morgan fingerprint density at radius 2 is 2.00 bits per heavy atom. The Bertz CT molecular complexity index is 539. The Hall–Kier alpha value is -1.86. The van der Waals surface area contributed by atoms with Crippen molar-refractivity contribution in [2.45, 2.75) is 19.8 Å². The summed E-state index contributed by atoms with van der Waals surface area (Å²) in [5, 5.41) is 8.42. The zero-order valence-electron chi connectivity index (χ0n) is 10.7. The molecule has 0 amide bonds. The quantitative estimate of drug-likeness (QED) is 0.540. The second kappa shape index (κ2) is 9.12. The molecule has 1 aromatic rings. The van der Waals surface area contributed by atoms with Gasteiger partial charge < -0.3 is 16.6 Å². The van der Waals surface area contributed by atoms with E-state index < -0.39 is 16.3 Å². The first-order chi connectivity index (χ1) is 8.90. The van der Waals surface area contributed by atoms with Crippen LogP contribution in [0.1, 0.15) is 18.9 Å². The maximum Gasteiger partial charge on any atom is 0.307 e. The molecule has 0 aliphatic heterocycles. The van der Waals surface area contributed by atoms with Crippen LogP contribution in [0.2, 0.25) is 0 Å². The molecule has 0 aliphatic rings. The number of rotatable bonds is 4. The fraction of sp³-hybridized carbons (Fsp3) is 0.333. The Balaban J connectivity index is 0.000000362. The molecule has 0 saturated heterocycles. The van der Waals surface area contributed by atoms with E-state index in [2.05, 4.69) is 0 Å². The first-order valence-electron chi connectivity index (χ1n) is 5.60. The summed E-state index contributed by atoms with van der Waals surface area (Å²) in [7, 11) is -2.06. The first kappa shape index (κ1) is 17.1. The predicted octanol–water partition coefficient (Wildman–Crippen LogP) is 0.303. The molecule has 0 bridgehead atoms. The van der Waals surface area contributed by atoms with Crippen LogP contribution >= 0.6 is 0 Å². The smallest absolute Gasteiger partial charge is 0.307 e. The number of benzene rings is 1. The van der Waals surface area contributed by atoms with Gasteiger partial charge in [-0.2, -0.15) is 8.42 Å². The molecular formula is C12H18N2O4S. The van der Waals surface area contributed by atoms with E-state index in [0.29, 0.717) is 17.0 Å². The SMILES string of the molecule is CCC(CN)=S(=O)=O.Nc1cccc(CC(=O)O)c1. The summed E-state index contributed by atoms with van der Waals surface area (Å²) >= 11 is 0.